The van der Waals surface area contributed by atoms with Crippen molar-refractivity contribution in [2.24, 2.45) is 5.73 Å². The molecule has 132 valence electrons. The van der Waals surface area contributed by atoms with Gasteiger partial charge in [-0.3, -0.25) is 0 Å². The molecule has 2 aliphatic rings. The molecule has 0 unspecified atom stereocenters. The van der Waals surface area contributed by atoms with Crippen LogP contribution < -0.4 is 15.4 Å². The van der Waals surface area contributed by atoms with Crippen molar-refractivity contribution < 1.29 is 9.47 Å². The average Bonchev–Trinajstić information content (AvgIpc) is 2.81. The van der Waals surface area contributed by atoms with Crippen LogP contribution in [0.5, 0.6) is 5.75 Å². The molecule has 0 bridgehead atoms. The largest absolute Gasteiger partial charge is 0.487 e. The van der Waals surface area contributed by atoms with Crippen molar-refractivity contribution in [2.75, 3.05) is 31.1 Å². The molecule has 1 aromatic heterocycles. The van der Waals surface area contributed by atoms with E-state index in [2.05, 4.69) is 16.0 Å². The monoisotopic (exact) mass is 340 g/mol. The summed E-state index contributed by atoms with van der Waals surface area (Å²) in [7, 11) is 0. The number of benzene rings is 1. The van der Waals surface area contributed by atoms with Gasteiger partial charge in [-0.1, -0.05) is 18.2 Å². The van der Waals surface area contributed by atoms with Crippen molar-refractivity contribution >= 4 is 5.82 Å². The Labute approximate surface area is 148 Å². The molecule has 25 heavy (non-hydrogen) atoms. The van der Waals surface area contributed by atoms with Gasteiger partial charge in [0, 0.05) is 25.1 Å². The molecule has 4 rings (SSSR count). The number of hydrogen-bond acceptors (Lipinski definition) is 6. The number of anilines is 1. The molecule has 0 radical (unpaired) electrons. The lowest BCUT2D eigenvalue weighted by molar-refractivity contribution is 0.0365. The van der Waals surface area contributed by atoms with Crippen molar-refractivity contribution in [3.63, 3.8) is 0 Å². The molecule has 3 heterocycles. The predicted octanol–water partition coefficient (Wildman–Crippen LogP) is 1.82. The minimum atomic E-state index is 0.166. The first kappa shape index (κ1) is 16.3. The molecule has 0 saturated carbocycles. The SMILES string of the molecule is Cc1nc2c(c(N3CCO[C@H](CCN)C3)n1)Cc1ccccc1OC2. The minimum absolute atomic E-state index is 0.166. The summed E-state index contributed by atoms with van der Waals surface area (Å²) in [6, 6.07) is 8.19. The number of rotatable bonds is 3. The highest BCUT2D eigenvalue weighted by Gasteiger charge is 2.27. The van der Waals surface area contributed by atoms with Gasteiger partial charge in [0.1, 0.15) is 24.0 Å². The van der Waals surface area contributed by atoms with Gasteiger partial charge in [-0.2, -0.15) is 0 Å². The highest BCUT2D eigenvalue weighted by Crippen LogP contribution is 2.32. The zero-order chi connectivity index (χ0) is 17.2. The lowest BCUT2D eigenvalue weighted by Crippen LogP contribution is -2.44. The van der Waals surface area contributed by atoms with Crippen LogP contribution in [0.2, 0.25) is 0 Å². The molecule has 1 aromatic carbocycles. The Kier molecular flexibility index (Phi) is 4.55. The van der Waals surface area contributed by atoms with Crippen molar-refractivity contribution in [2.45, 2.75) is 32.5 Å². The number of aromatic nitrogens is 2. The van der Waals surface area contributed by atoms with E-state index in [0.29, 0.717) is 19.8 Å². The van der Waals surface area contributed by atoms with E-state index in [0.717, 1.165) is 49.0 Å². The maximum atomic E-state index is 5.98. The summed E-state index contributed by atoms with van der Waals surface area (Å²) in [5, 5.41) is 0. The smallest absolute Gasteiger partial charge is 0.136 e. The number of aryl methyl sites for hydroxylation is 1. The minimum Gasteiger partial charge on any atom is -0.487 e. The maximum absolute atomic E-state index is 5.98. The average molecular weight is 340 g/mol. The predicted molar refractivity (Wildman–Crippen MR) is 96.0 cm³/mol. The molecule has 6 heteroatoms. The molecule has 2 aliphatic heterocycles. The van der Waals surface area contributed by atoms with Gasteiger partial charge in [-0.25, -0.2) is 9.97 Å². The maximum Gasteiger partial charge on any atom is 0.136 e. The second kappa shape index (κ2) is 6.98. The highest BCUT2D eigenvalue weighted by atomic mass is 16.5. The van der Waals surface area contributed by atoms with E-state index in [1.807, 2.05) is 25.1 Å². The molecular formula is C19H24N4O2. The first-order chi connectivity index (χ1) is 12.2. The third-order valence-electron chi connectivity index (χ3n) is 4.81. The van der Waals surface area contributed by atoms with Crippen LogP contribution in [-0.4, -0.2) is 42.3 Å². The molecule has 1 saturated heterocycles. The van der Waals surface area contributed by atoms with Crippen LogP contribution in [0.25, 0.3) is 0 Å². The van der Waals surface area contributed by atoms with Gasteiger partial charge in [0.15, 0.2) is 0 Å². The Hall–Kier alpha value is -2.18. The van der Waals surface area contributed by atoms with E-state index in [1.165, 1.54) is 11.1 Å². The summed E-state index contributed by atoms with van der Waals surface area (Å²) in [5.41, 5.74) is 9.05. The highest BCUT2D eigenvalue weighted by molar-refractivity contribution is 5.54. The van der Waals surface area contributed by atoms with E-state index >= 15 is 0 Å². The fourth-order valence-electron chi connectivity index (χ4n) is 3.60. The van der Waals surface area contributed by atoms with Crippen molar-refractivity contribution in [3.8, 4) is 5.75 Å². The van der Waals surface area contributed by atoms with Crippen LogP contribution in [0, 0.1) is 6.92 Å². The summed E-state index contributed by atoms with van der Waals surface area (Å²) in [6.45, 7) is 5.43. The van der Waals surface area contributed by atoms with Crippen LogP contribution >= 0.6 is 0 Å². The van der Waals surface area contributed by atoms with Gasteiger partial charge in [0.2, 0.25) is 0 Å². The number of morpholine rings is 1. The Balaban J connectivity index is 1.71. The van der Waals surface area contributed by atoms with Crippen LogP contribution in [-0.2, 0) is 17.8 Å². The molecule has 6 nitrogen and oxygen atoms in total. The van der Waals surface area contributed by atoms with Gasteiger partial charge in [0.05, 0.1) is 18.4 Å². The molecule has 1 fully saturated rings. The number of nitrogens with two attached hydrogens (primary N) is 1. The quantitative estimate of drug-likeness (QED) is 0.919. The summed E-state index contributed by atoms with van der Waals surface area (Å²) < 4.78 is 11.8. The van der Waals surface area contributed by atoms with Gasteiger partial charge >= 0.3 is 0 Å². The third-order valence-corrected chi connectivity index (χ3v) is 4.81. The van der Waals surface area contributed by atoms with Crippen LogP contribution in [0.4, 0.5) is 5.82 Å². The number of para-hydroxylation sites is 1. The standard InChI is InChI=1S/C19H24N4O2/c1-13-21-17-12-25-18-5-3-2-4-14(18)10-16(17)19(22-13)23-8-9-24-15(11-23)6-7-20/h2-5,15H,6-12,20H2,1H3/t15-/m1/s1. The zero-order valence-corrected chi connectivity index (χ0v) is 14.6. The lowest BCUT2D eigenvalue weighted by Gasteiger charge is -2.35. The summed E-state index contributed by atoms with van der Waals surface area (Å²) in [6.07, 6.45) is 1.83. The Bertz CT molecular complexity index is 763. The van der Waals surface area contributed by atoms with Crippen molar-refractivity contribution in [3.05, 3.63) is 46.9 Å². The fraction of sp³-hybridized carbons (Fsp3) is 0.474. The normalized spacial score (nSPS) is 19.6. The van der Waals surface area contributed by atoms with Crippen molar-refractivity contribution in [1.82, 2.24) is 9.97 Å². The lowest BCUT2D eigenvalue weighted by atomic mass is 10.0. The van der Waals surface area contributed by atoms with Gasteiger partial charge in [0.25, 0.3) is 0 Å². The topological polar surface area (TPSA) is 73.5 Å². The molecular weight excluding hydrogens is 316 g/mol. The van der Waals surface area contributed by atoms with E-state index in [1.54, 1.807) is 0 Å². The number of nitrogens with zero attached hydrogens (tertiary/aromatic N) is 3. The molecule has 0 spiro atoms. The zero-order valence-electron chi connectivity index (χ0n) is 14.6. The third kappa shape index (κ3) is 3.32. The van der Waals surface area contributed by atoms with Gasteiger partial charge in [-0.05, 0) is 31.5 Å². The van der Waals surface area contributed by atoms with Crippen LogP contribution in [0.3, 0.4) is 0 Å². The summed E-state index contributed by atoms with van der Waals surface area (Å²) in [5.74, 6) is 2.74. The Morgan fingerprint density at radius 2 is 2.16 bits per heavy atom. The second-order valence-corrected chi connectivity index (χ2v) is 6.61. The second-order valence-electron chi connectivity index (χ2n) is 6.61. The van der Waals surface area contributed by atoms with Gasteiger partial charge in [-0.15, -0.1) is 0 Å². The van der Waals surface area contributed by atoms with E-state index in [-0.39, 0.29) is 6.10 Å². The number of fused-ring (bicyclic) bond motifs is 2. The molecule has 1 atom stereocenters. The molecule has 2 N–H and O–H groups in total. The van der Waals surface area contributed by atoms with E-state index in [4.69, 9.17) is 20.2 Å². The van der Waals surface area contributed by atoms with E-state index < -0.39 is 0 Å². The van der Waals surface area contributed by atoms with Gasteiger partial charge < -0.3 is 20.1 Å². The number of ether oxygens (including phenoxy) is 2. The fourth-order valence-corrected chi connectivity index (χ4v) is 3.60. The summed E-state index contributed by atoms with van der Waals surface area (Å²) >= 11 is 0. The molecule has 0 aliphatic carbocycles. The van der Waals surface area contributed by atoms with E-state index in [9.17, 15) is 0 Å². The first-order valence-corrected chi connectivity index (χ1v) is 8.88. The Morgan fingerprint density at radius 1 is 1.28 bits per heavy atom. The number of hydrogen-bond donors (Lipinski definition) is 1. The van der Waals surface area contributed by atoms with Crippen LogP contribution in [0.15, 0.2) is 24.3 Å². The first-order valence-electron chi connectivity index (χ1n) is 8.88. The molecule has 2 aromatic rings. The Morgan fingerprint density at radius 3 is 3.04 bits per heavy atom. The van der Waals surface area contributed by atoms with Crippen LogP contribution in [0.1, 0.15) is 29.1 Å². The molecule has 0 amide bonds. The van der Waals surface area contributed by atoms with Crippen molar-refractivity contribution in [1.29, 1.82) is 0 Å². The summed E-state index contributed by atoms with van der Waals surface area (Å²) in [4.78, 5) is 11.8.